The Morgan fingerprint density at radius 2 is 2.18 bits per heavy atom. The Bertz CT molecular complexity index is 487. The fourth-order valence-corrected chi connectivity index (χ4v) is 3.18. The second kappa shape index (κ2) is 5.47. The van der Waals surface area contributed by atoms with Gasteiger partial charge in [-0.15, -0.1) is 22.7 Å². The number of nitrogens with zero attached hydrogens (tertiary/aromatic N) is 1. The van der Waals surface area contributed by atoms with E-state index in [2.05, 4.69) is 6.07 Å². The van der Waals surface area contributed by atoms with Crippen LogP contribution in [0.15, 0.2) is 29.6 Å². The number of carbonyl (C=O) groups is 1. The van der Waals surface area contributed by atoms with Crippen LogP contribution in [0.3, 0.4) is 0 Å². The highest BCUT2D eigenvalue weighted by atomic mass is 32.1. The first-order valence-electron chi connectivity index (χ1n) is 5.58. The summed E-state index contributed by atoms with van der Waals surface area (Å²) in [6.07, 6.45) is 0. The molecule has 2 rings (SSSR count). The highest BCUT2D eigenvalue weighted by Crippen LogP contribution is 2.19. The van der Waals surface area contributed by atoms with Crippen molar-refractivity contribution in [1.29, 1.82) is 0 Å². The zero-order valence-corrected chi connectivity index (χ0v) is 11.6. The summed E-state index contributed by atoms with van der Waals surface area (Å²) in [6, 6.07) is 8.00. The third-order valence-corrected chi connectivity index (χ3v) is 4.40. The van der Waals surface area contributed by atoms with E-state index in [1.165, 1.54) is 9.75 Å². The van der Waals surface area contributed by atoms with E-state index in [4.69, 9.17) is 0 Å². The number of hydrogen-bond acceptors (Lipinski definition) is 3. The van der Waals surface area contributed by atoms with Crippen molar-refractivity contribution in [3.8, 4) is 0 Å². The van der Waals surface area contributed by atoms with Crippen molar-refractivity contribution < 1.29 is 4.79 Å². The van der Waals surface area contributed by atoms with E-state index in [0.717, 1.165) is 11.4 Å². The Morgan fingerprint density at radius 3 is 2.71 bits per heavy atom. The molecular formula is C13H15NOS2. The van der Waals surface area contributed by atoms with Crippen molar-refractivity contribution in [3.05, 3.63) is 44.3 Å². The van der Waals surface area contributed by atoms with Crippen LogP contribution in [-0.2, 0) is 6.54 Å². The maximum Gasteiger partial charge on any atom is 0.264 e. The van der Waals surface area contributed by atoms with Gasteiger partial charge in [-0.2, -0.15) is 0 Å². The van der Waals surface area contributed by atoms with Crippen LogP contribution in [0.25, 0.3) is 0 Å². The van der Waals surface area contributed by atoms with Crippen LogP contribution in [0.2, 0.25) is 0 Å². The highest BCUT2D eigenvalue weighted by Gasteiger charge is 2.16. The van der Waals surface area contributed by atoms with Crippen LogP contribution < -0.4 is 0 Å². The monoisotopic (exact) mass is 265 g/mol. The summed E-state index contributed by atoms with van der Waals surface area (Å²) in [5.41, 5.74) is 0. The minimum Gasteiger partial charge on any atom is -0.333 e. The number of aryl methyl sites for hydroxylation is 1. The Balaban J connectivity index is 2.10. The van der Waals surface area contributed by atoms with Crippen LogP contribution in [0.1, 0.15) is 26.3 Å². The van der Waals surface area contributed by atoms with Gasteiger partial charge in [0.1, 0.15) is 0 Å². The molecule has 1 amide bonds. The largest absolute Gasteiger partial charge is 0.333 e. The van der Waals surface area contributed by atoms with Gasteiger partial charge in [-0.1, -0.05) is 6.07 Å². The second-order valence-electron chi connectivity index (χ2n) is 3.81. The summed E-state index contributed by atoms with van der Waals surface area (Å²) in [5, 5.41) is 2.04. The molecule has 4 heteroatoms. The van der Waals surface area contributed by atoms with Crippen LogP contribution in [0.5, 0.6) is 0 Å². The minimum absolute atomic E-state index is 0.138. The van der Waals surface area contributed by atoms with E-state index in [9.17, 15) is 4.79 Å². The van der Waals surface area contributed by atoms with Crippen molar-refractivity contribution in [3.63, 3.8) is 0 Å². The van der Waals surface area contributed by atoms with Gasteiger partial charge >= 0.3 is 0 Å². The average Bonchev–Trinajstić information content (AvgIpc) is 2.96. The fraction of sp³-hybridized carbons (Fsp3) is 0.308. The zero-order valence-electron chi connectivity index (χ0n) is 9.97. The molecule has 90 valence electrons. The molecule has 2 aromatic rings. The molecule has 0 unspecified atom stereocenters. The molecule has 0 aliphatic rings. The summed E-state index contributed by atoms with van der Waals surface area (Å²) < 4.78 is 0. The van der Waals surface area contributed by atoms with E-state index >= 15 is 0 Å². The van der Waals surface area contributed by atoms with E-state index < -0.39 is 0 Å². The normalized spacial score (nSPS) is 10.5. The van der Waals surface area contributed by atoms with Gasteiger partial charge in [0.25, 0.3) is 5.91 Å². The van der Waals surface area contributed by atoms with Crippen LogP contribution in [-0.4, -0.2) is 17.4 Å². The number of hydrogen-bond donors (Lipinski definition) is 0. The number of rotatable bonds is 4. The van der Waals surface area contributed by atoms with Gasteiger partial charge in [-0.3, -0.25) is 4.79 Å². The summed E-state index contributed by atoms with van der Waals surface area (Å²) in [4.78, 5) is 17.4. The highest BCUT2D eigenvalue weighted by molar-refractivity contribution is 7.14. The standard InChI is InChI=1S/C13H15NOS2/c1-3-14(9-11-5-4-8-16-11)13(15)12-7-6-10(2)17-12/h4-8H,3,9H2,1-2H3. The van der Waals surface area contributed by atoms with Gasteiger partial charge < -0.3 is 4.90 Å². The number of carbonyl (C=O) groups excluding carboxylic acids is 1. The smallest absolute Gasteiger partial charge is 0.264 e. The zero-order chi connectivity index (χ0) is 12.3. The van der Waals surface area contributed by atoms with Gasteiger partial charge in [0, 0.05) is 16.3 Å². The quantitative estimate of drug-likeness (QED) is 0.824. The third kappa shape index (κ3) is 2.96. The lowest BCUT2D eigenvalue weighted by Gasteiger charge is -2.19. The predicted octanol–water partition coefficient (Wildman–Crippen LogP) is 3.78. The van der Waals surface area contributed by atoms with Crippen molar-refractivity contribution in [2.24, 2.45) is 0 Å². The molecule has 0 atom stereocenters. The topological polar surface area (TPSA) is 20.3 Å². The van der Waals surface area contributed by atoms with Crippen molar-refractivity contribution in [2.45, 2.75) is 20.4 Å². The molecule has 2 nitrogen and oxygen atoms in total. The maximum atomic E-state index is 12.3. The minimum atomic E-state index is 0.138. The molecule has 0 radical (unpaired) electrons. The SMILES string of the molecule is CCN(Cc1cccs1)C(=O)c1ccc(C)s1. The van der Waals surface area contributed by atoms with Crippen LogP contribution in [0.4, 0.5) is 0 Å². The van der Waals surface area contributed by atoms with Gasteiger partial charge in [-0.05, 0) is 37.4 Å². The summed E-state index contributed by atoms with van der Waals surface area (Å²) >= 11 is 3.26. The predicted molar refractivity (Wildman–Crippen MR) is 73.8 cm³/mol. The van der Waals surface area contributed by atoms with Gasteiger partial charge in [0.15, 0.2) is 0 Å². The van der Waals surface area contributed by atoms with Crippen molar-refractivity contribution >= 4 is 28.6 Å². The molecule has 0 bridgehead atoms. The molecule has 0 aliphatic heterocycles. The Kier molecular flexibility index (Phi) is 3.97. The van der Waals surface area contributed by atoms with Crippen LogP contribution in [0, 0.1) is 6.92 Å². The van der Waals surface area contributed by atoms with E-state index in [1.54, 1.807) is 22.7 Å². The molecule has 0 aromatic carbocycles. The molecule has 0 saturated carbocycles. The molecule has 0 fully saturated rings. The van der Waals surface area contributed by atoms with Crippen molar-refractivity contribution in [1.82, 2.24) is 4.90 Å². The van der Waals surface area contributed by atoms with Gasteiger partial charge in [-0.25, -0.2) is 0 Å². The third-order valence-electron chi connectivity index (χ3n) is 2.55. The molecule has 0 spiro atoms. The first-order chi connectivity index (χ1) is 8.20. The van der Waals surface area contributed by atoms with E-state index in [0.29, 0.717) is 6.54 Å². The first kappa shape index (κ1) is 12.3. The molecule has 0 aliphatic carbocycles. The van der Waals surface area contributed by atoms with Gasteiger partial charge in [0.2, 0.25) is 0 Å². The lowest BCUT2D eigenvalue weighted by molar-refractivity contribution is 0.0759. The Morgan fingerprint density at radius 1 is 1.35 bits per heavy atom. The lowest BCUT2D eigenvalue weighted by atomic mass is 10.3. The molecule has 2 aromatic heterocycles. The number of amides is 1. The fourth-order valence-electron chi connectivity index (χ4n) is 1.62. The van der Waals surface area contributed by atoms with Gasteiger partial charge in [0.05, 0.1) is 11.4 Å². The molecule has 17 heavy (non-hydrogen) atoms. The summed E-state index contributed by atoms with van der Waals surface area (Å²) in [5.74, 6) is 0.138. The number of thiophene rings is 2. The molecule has 2 heterocycles. The van der Waals surface area contributed by atoms with E-state index in [-0.39, 0.29) is 5.91 Å². The molecule has 0 saturated heterocycles. The average molecular weight is 265 g/mol. The summed E-state index contributed by atoms with van der Waals surface area (Å²) in [6.45, 7) is 5.50. The second-order valence-corrected chi connectivity index (χ2v) is 6.13. The molecule has 0 N–H and O–H groups in total. The molecular weight excluding hydrogens is 250 g/mol. The summed E-state index contributed by atoms with van der Waals surface area (Å²) in [7, 11) is 0. The van der Waals surface area contributed by atoms with Crippen LogP contribution >= 0.6 is 22.7 Å². The Hall–Kier alpha value is -1.13. The van der Waals surface area contributed by atoms with E-state index in [1.807, 2.05) is 42.3 Å². The Labute approximate surface area is 110 Å². The first-order valence-corrected chi connectivity index (χ1v) is 7.28. The lowest BCUT2D eigenvalue weighted by Crippen LogP contribution is -2.29. The van der Waals surface area contributed by atoms with Crippen molar-refractivity contribution in [2.75, 3.05) is 6.54 Å². The maximum absolute atomic E-state index is 12.3.